The lowest BCUT2D eigenvalue weighted by Gasteiger charge is -2.31. The number of carbonyl (C=O) groups excluding carboxylic acids is 2. The summed E-state index contributed by atoms with van der Waals surface area (Å²) in [5.74, 6) is 0.239. The molecule has 1 unspecified atom stereocenters. The van der Waals surface area contributed by atoms with Crippen molar-refractivity contribution in [2.24, 2.45) is 7.05 Å². The molecule has 2 N–H and O–H groups in total. The second-order valence-corrected chi connectivity index (χ2v) is 7.24. The van der Waals surface area contributed by atoms with Crippen LogP contribution in [0, 0.1) is 0 Å². The van der Waals surface area contributed by atoms with E-state index in [1.807, 2.05) is 38.5 Å². The first-order chi connectivity index (χ1) is 14.9. The monoisotopic (exact) mass is 427 g/mol. The van der Waals surface area contributed by atoms with Crippen LogP contribution in [0.1, 0.15) is 31.0 Å². The molecule has 1 aromatic carbocycles. The zero-order chi connectivity index (χ0) is 22.4. The average molecular weight is 428 g/mol. The maximum atomic E-state index is 12.9. The van der Waals surface area contributed by atoms with Gasteiger partial charge in [-0.05, 0) is 31.2 Å². The van der Waals surface area contributed by atoms with Crippen molar-refractivity contribution in [1.82, 2.24) is 25.3 Å². The number of aryl methyl sites for hydroxylation is 1. The fourth-order valence-electron chi connectivity index (χ4n) is 3.55. The molecule has 0 spiro atoms. The predicted octanol–water partition coefficient (Wildman–Crippen LogP) is 2.12. The molecule has 0 saturated carbocycles. The number of methoxy groups -OCH3 is 1. The molecule has 1 aromatic heterocycles. The minimum Gasteiger partial charge on any atom is -0.497 e. The number of ether oxygens (including phenoxy) is 2. The summed E-state index contributed by atoms with van der Waals surface area (Å²) in [6, 6.07) is 6.28. The maximum Gasteiger partial charge on any atom is 0.338 e. The lowest BCUT2D eigenvalue weighted by molar-refractivity contribution is -0.139. The summed E-state index contributed by atoms with van der Waals surface area (Å²) < 4.78 is 12.3. The Hall–Kier alpha value is -3.33. The molecule has 1 atom stereocenters. The maximum absolute atomic E-state index is 12.9. The van der Waals surface area contributed by atoms with E-state index in [1.165, 1.54) is 0 Å². The van der Waals surface area contributed by atoms with E-state index in [9.17, 15) is 9.59 Å². The van der Waals surface area contributed by atoms with Gasteiger partial charge in [-0.3, -0.25) is 9.58 Å². The number of esters is 1. The number of hydrogen-bond donors (Lipinski definition) is 2. The summed E-state index contributed by atoms with van der Waals surface area (Å²) in [5, 5.41) is 9.89. The first-order valence-corrected chi connectivity index (χ1v) is 10.3. The van der Waals surface area contributed by atoms with Gasteiger partial charge in [-0.25, -0.2) is 9.59 Å². The Kier molecular flexibility index (Phi) is 7.30. The van der Waals surface area contributed by atoms with E-state index in [0.717, 1.165) is 17.7 Å². The summed E-state index contributed by atoms with van der Waals surface area (Å²) in [6.07, 6.45) is 3.76. The van der Waals surface area contributed by atoms with Gasteiger partial charge in [0.15, 0.2) is 0 Å². The number of likely N-dealkylation sites (N-methyl/N-ethyl adjacent to an activating group) is 1. The number of amides is 2. The third-order valence-corrected chi connectivity index (χ3v) is 5.09. The van der Waals surface area contributed by atoms with E-state index in [-0.39, 0.29) is 12.6 Å². The molecule has 0 bridgehead atoms. The molecule has 9 nitrogen and oxygen atoms in total. The quantitative estimate of drug-likeness (QED) is 0.595. The zero-order valence-electron chi connectivity index (χ0n) is 18.3. The summed E-state index contributed by atoms with van der Waals surface area (Å²) >= 11 is 0. The van der Waals surface area contributed by atoms with E-state index in [4.69, 9.17) is 9.47 Å². The Morgan fingerprint density at radius 3 is 2.55 bits per heavy atom. The third kappa shape index (κ3) is 5.43. The van der Waals surface area contributed by atoms with E-state index in [1.54, 1.807) is 30.8 Å². The highest BCUT2D eigenvalue weighted by Crippen LogP contribution is 2.29. The number of rotatable bonds is 9. The number of nitrogens with one attached hydrogen (secondary N) is 2. The number of carbonyl (C=O) groups is 2. The number of hydrogen-bond acceptors (Lipinski definition) is 6. The average Bonchev–Trinajstić information content (AvgIpc) is 3.17. The van der Waals surface area contributed by atoms with Crippen LogP contribution in [0.2, 0.25) is 0 Å². The van der Waals surface area contributed by atoms with E-state index >= 15 is 0 Å². The Balaban J connectivity index is 1.95. The van der Waals surface area contributed by atoms with Gasteiger partial charge in [0.05, 0.1) is 31.5 Å². The lowest BCUT2D eigenvalue weighted by Crippen LogP contribution is -2.48. The van der Waals surface area contributed by atoms with E-state index < -0.39 is 12.0 Å². The van der Waals surface area contributed by atoms with Crippen LogP contribution in [0.15, 0.2) is 47.9 Å². The summed E-state index contributed by atoms with van der Waals surface area (Å²) in [6.45, 7) is 5.79. The molecule has 166 valence electrons. The van der Waals surface area contributed by atoms with E-state index in [0.29, 0.717) is 30.1 Å². The largest absolute Gasteiger partial charge is 0.497 e. The molecule has 1 aliphatic rings. The van der Waals surface area contributed by atoms with Crippen LogP contribution in [0.3, 0.4) is 0 Å². The van der Waals surface area contributed by atoms with Crippen molar-refractivity contribution in [2.45, 2.75) is 26.4 Å². The molecule has 0 aliphatic carbocycles. The number of aromatic nitrogens is 2. The van der Waals surface area contributed by atoms with Crippen LogP contribution in [0.5, 0.6) is 5.75 Å². The SMILES string of the molecule is CCOC(=O)C1=C(CN(CC)Cc2cnn(C)c2)NC(=O)NC1c1ccc(OC)cc1. The normalized spacial score (nSPS) is 16.2. The molecule has 9 heteroatoms. The molecular weight excluding hydrogens is 398 g/mol. The fraction of sp³-hybridized carbons (Fsp3) is 0.409. The first-order valence-electron chi connectivity index (χ1n) is 10.3. The standard InChI is InChI=1S/C22H29N5O4/c1-5-27(13-15-11-23-26(3)12-15)14-18-19(21(28)31-6-2)20(25-22(29)24-18)16-7-9-17(30-4)10-8-16/h7-12,20H,5-6,13-14H2,1-4H3,(H2,24,25,29). The van der Waals surface area contributed by atoms with Crippen LogP contribution >= 0.6 is 0 Å². The summed E-state index contributed by atoms with van der Waals surface area (Å²) in [5.41, 5.74) is 2.76. The minimum absolute atomic E-state index is 0.242. The molecule has 1 aliphatic heterocycles. The highest BCUT2D eigenvalue weighted by molar-refractivity contribution is 5.95. The molecule has 31 heavy (non-hydrogen) atoms. The second-order valence-electron chi connectivity index (χ2n) is 7.24. The van der Waals surface area contributed by atoms with Crippen molar-refractivity contribution in [1.29, 1.82) is 0 Å². The number of urea groups is 1. The van der Waals surface area contributed by atoms with Crippen molar-refractivity contribution in [2.75, 3.05) is 26.8 Å². The van der Waals surface area contributed by atoms with Gasteiger partial charge >= 0.3 is 12.0 Å². The first kappa shape index (κ1) is 22.4. The number of benzene rings is 1. The Morgan fingerprint density at radius 2 is 1.97 bits per heavy atom. The topological polar surface area (TPSA) is 97.7 Å². The van der Waals surface area contributed by atoms with Gasteiger partial charge in [-0.1, -0.05) is 19.1 Å². The van der Waals surface area contributed by atoms with Crippen LogP contribution in [-0.2, 0) is 23.1 Å². The van der Waals surface area contributed by atoms with Crippen LogP contribution in [-0.4, -0.2) is 53.5 Å². The van der Waals surface area contributed by atoms with E-state index in [2.05, 4.69) is 20.6 Å². The third-order valence-electron chi connectivity index (χ3n) is 5.09. The van der Waals surface area contributed by atoms with Crippen LogP contribution in [0.25, 0.3) is 0 Å². The lowest BCUT2D eigenvalue weighted by atomic mass is 9.95. The van der Waals surface area contributed by atoms with Crippen molar-refractivity contribution < 1.29 is 19.1 Å². The van der Waals surface area contributed by atoms with Crippen LogP contribution in [0.4, 0.5) is 4.79 Å². The molecular formula is C22H29N5O4. The van der Waals surface area contributed by atoms with Crippen LogP contribution < -0.4 is 15.4 Å². The second kappa shape index (κ2) is 10.1. The van der Waals surface area contributed by atoms with Gasteiger partial charge in [0, 0.05) is 37.6 Å². The summed E-state index contributed by atoms with van der Waals surface area (Å²) in [7, 11) is 3.46. The smallest absolute Gasteiger partial charge is 0.338 e. The van der Waals surface area contributed by atoms with Gasteiger partial charge in [-0.2, -0.15) is 5.10 Å². The molecule has 2 amide bonds. The fourth-order valence-corrected chi connectivity index (χ4v) is 3.55. The Morgan fingerprint density at radius 1 is 1.23 bits per heavy atom. The van der Waals surface area contributed by atoms with Gasteiger partial charge < -0.3 is 20.1 Å². The molecule has 0 fully saturated rings. The summed E-state index contributed by atoms with van der Waals surface area (Å²) in [4.78, 5) is 27.5. The van der Waals surface area contributed by atoms with Crippen molar-refractivity contribution in [3.05, 3.63) is 59.1 Å². The molecule has 2 aromatic rings. The zero-order valence-corrected chi connectivity index (χ0v) is 18.3. The number of nitrogens with zero attached hydrogens (tertiary/aromatic N) is 3. The Bertz CT molecular complexity index is 951. The molecule has 0 saturated heterocycles. The van der Waals surface area contributed by atoms with Crippen molar-refractivity contribution in [3.63, 3.8) is 0 Å². The predicted molar refractivity (Wildman–Crippen MR) is 115 cm³/mol. The highest BCUT2D eigenvalue weighted by Gasteiger charge is 2.34. The van der Waals surface area contributed by atoms with Gasteiger partial charge in [0.25, 0.3) is 0 Å². The van der Waals surface area contributed by atoms with Gasteiger partial charge in [0.2, 0.25) is 0 Å². The van der Waals surface area contributed by atoms with Gasteiger partial charge in [-0.15, -0.1) is 0 Å². The van der Waals surface area contributed by atoms with Gasteiger partial charge in [0.1, 0.15) is 5.75 Å². The van der Waals surface area contributed by atoms with Crippen molar-refractivity contribution in [3.8, 4) is 5.75 Å². The minimum atomic E-state index is -0.620. The Labute approximate surface area is 182 Å². The molecule has 2 heterocycles. The van der Waals surface area contributed by atoms with Crippen molar-refractivity contribution >= 4 is 12.0 Å². The highest BCUT2D eigenvalue weighted by atomic mass is 16.5. The molecule has 0 radical (unpaired) electrons. The molecule has 3 rings (SSSR count).